The molecule has 0 heterocycles. The molecule has 0 aliphatic rings. The first-order valence-electron chi connectivity index (χ1n) is 6.94. The summed E-state index contributed by atoms with van der Waals surface area (Å²) >= 11 is 0. The summed E-state index contributed by atoms with van der Waals surface area (Å²) in [5.74, 6) is 0.628. The Labute approximate surface area is 115 Å². The molecule has 4 heteroatoms. The molecule has 0 amide bonds. The van der Waals surface area contributed by atoms with Crippen molar-refractivity contribution in [2.45, 2.75) is 39.2 Å². The molecule has 1 aromatic carbocycles. The van der Waals surface area contributed by atoms with E-state index in [1.165, 1.54) is 6.07 Å². The second kappa shape index (κ2) is 8.02. The van der Waals surface area contributed by atoms with Gasteiger partial charge in [-0.05, 0) is 38.3 Å². The maximum absolute atomic E-state index is 9.79. The van der Waals surface area contributed by atoms with Crippen LogP contribution in [0.5, 0.6) is 11.5 Å². The van der Waals surface area contributed by atoms with Crippen LogP contribution in [-0.2, 0) is 0 Å². The standard InChI is InChI=1S/C15H25NO3/c1-3-4-12(7-8-17)10-16-11(2)14-6-5-13(18)9-15(14)19/h5-6,9,11-12,16-19H,3-4,7-8,10H2,1-2H3. The van der Waals surface area contributed by atoms with Gasteiger partial charge in [-0.15, -0.1) is 0 Å². The number of hydrogen-bond donors (Lipinski definition) is 4. The van der Waals surface area contributed by atoms with Gasteiger partial charge in [-0.2, -0.15) is 0 Å². The van der Waals surface area contributed by atoms with E-state index in [2.05, 4.69) is 12.2 Å². The molecule has 0 spiro atoms. The normalized spacial score (nSPS) is 14.3. The van der Waals surface area contributed by atoms with E-state index in [0.717, 1.165) is 31.4 Å². The van der Waals surface area contributed by atoms with E-state index in [4.69, 9.17) is 5.11 Å². The van der Waals surface area contributed by atoms with E-state index in [9.17, 15) is 10.2 Å². The summed E-state index contributed by atoms with van der Waals surface area (Å²) in [5.41, 5.74) is 0.775. The number of aliphatic hydroxyl groups is 1. The van der Waals surface area contributed by atoms with Crippen molar-refractivity contribution >= 4 is 0 Å². The van der Waals surface area contributed by atoms with Crippen LogP contribution in [0.3, 0.4) is 0 Å². The van der Waals surface area contributed by atoms with E-state index >= 15 is 0 Å². The molecule has 0 saturated heterocycles. The van der Waals surface area contributed by atoms with Crippen molar-refractivity contribution in [3.05, 3.63) is 23.8 Å². The molecule has 4 N–H and O–H groups in total. The average Bonchev–Trinajstić information content (AvgIpc) is 2.36. The fraction of sp³-hybridized carbons (Fsp3) is 0.600. The highest BCUT2D eigenvalue weighted by atomic mass is 16.3. The number of phenols is 2. The van der Waals surface area contributed by atoms with Crippen molar-refractivity contribution in [3.8, 4) is 11.5 Å². The van der Waals surface area contributed by atoms with Crippen LogP contribution in [0.1, 0.15) is 44.7 Å². The van der Waals surface area contributed by atoms with Crippen molar-refractivity contribution in [2.75, 3.05) is 13.2 Å². The maximum atomic E-state index is 9.79. The minimum absolute atomic E-state index is 0.0126. The van der Waals surface area contributed by atoms with Gasteiger partial charge in [-0.1, -0.05) is 19.4 Å². The van der Waals surface area contributed by atoms with Gasteiger partial charge in [-0.3, -0.25) is 0 Å². The van der Waals surface area contributed by atoms with Gasteiger partial charge in [-0.25, -0.2) is 0 Å². The van der Waals surface area contributed by atoms with Crippen molar-refractivity contribution in [1.29, 1.82) is 0 Å². The summed E-state index contributed by atoms with van der Waals surface area (Å²) < 4.78 is 0. The zero-order valence-corrected chi connectivity index (χ0v) is 11.8. The fourth-order valence-corrected chi connectivity index (χ4v) is 2.29. The van der Waals surface area contributed by atoms with Crippen molar-refractivity contribution in [1.82, 2.24) is 5.32 Å². The van der Waals surface area contributed by atoms with Crippen molar-refractivity contribution < 1.29 is 15.3 Å². The minimum atomic E-state index is 0.0126. The van der Waals surface area contributed by atoms with Crippen LogP contribution in [-0.4, -0.2) is 28.5 Å². The molecule has 108 valence electrons. The van der Waals surface area contributed by atoms with Gasteiger partial charge in [0.2, 0.25) is 0 Å². The Morgan fingerprint density at radius 2 is 1.95 bits per heavy atom. The van der Waals surface area contributed by atoms with E-state index in [0.29, 0.717) is 5.92 Å². The first kappa shape index (κ1) is 15.8. The van der Waals surface area contributed by atoms with Gasteiger partial charge in [0.05, 0.1) is 0 Å². The molecule has 0 radical (unpaired) electrons. The number of aromatic hydroxyl groups is 2. The van der Waals surface area contributed by atoms with E-state index in [1.54, 1.807) is 12.1 Å². The summed E-state index contributed by atoms with van der Waals surface area (Å²) in [5, 5.41) is 31.5. The fourth-order valence-electron chi connectivity index (χ4n) is 2.29. The number of aliphatic hydroxyl groups excluding tert-OH is 1. The quantitative estimate of drug-likeness (QED) is 0.584. The third-order valence-corrected chi connectivity index (χ3v) is 3.43. The summed E-state index contributed by atoms with van der Waals surface area (Å²) in [4.78, 5) is 0. The van der Waals surface area contributed by atoms with Crippen LogP contribution in [0.25, 0.3) is 0 Å². The molecule has 0 bridgehead atoms. The molecule has 0 aliphatic heterocycles. The third kappa shape index (κ3) is 5.09. The lowest BCUT2D eigenvalue weighted by atomic mass is 9.99. The first-order valence-corrected chi connectivity index (χ1v) is 6.94. The average molecular weight is 267 g/mol. The van der Waals surface area contributed by atoms with Crippen molar-refractivity contribution in [2.24, 2.45) is 5.92 Å². The molecular weight excluding hydrogens is 242 g/mol. The van der Waals surface area contributed by atoms with Gasteiger partial charge < -0.3 is 20.6 Å². The first-order chi connectivity index (χ1) is 9.08. The Morgan fingerprint density at radius 1 is 1.21 bits per heavy atom. The van der Waals surface area contributed by atoms with Gasteiger partial charge in [0.15, 0.2) is 0 Å². The lowest BCUT2D eigenvalue weighted by molar-refractivity contribution is 0.245. The predicted molar refractivity (Wildman–Crippen MR) is 76.3 cm³/mol. The smallest absolute Gasteiger partial charge is 0.124 e. The molecule has 1 rings (SSSR count). The maximum Gasteiger partial charge on any atom is 0.124 e. The predicted octanol–water partition coefficient (Wildman–Crippen LogP) is 2.55. The highest BCUT2D eigenvalue weighted by Crippen LogP contribution is 2.27. The number of phenolic OH excluding ortho intramolecular Hbond substituents is 2. The molecule has 1 aromatic rings. The van der Waals surface area contributed by atoms with Crippen LogP contribution in [0.15, 0.2) is 18.2 Å². The van der Waals surface area contributed by atoms with Crippen molar-refractivity contribution in [3.63, 3.8) is 0 Å². The molecule has 4 nitrogen and oxygen atoms in total. The van der Waals surface area contributed by atoms with Crippen LogP contribution < -0.4 is 5.32 Å². The van der Waals surface area contributed by atoms with Gasteiger partial charge in [0.25, 0.3) is 0 Å². The Kier molecular flexibility index (Phi) is 6.67. The molecule has 19 heavy (non-hydrogen) atoms. The third-order valence-electron chi connectivity index (χ3n) is 3.43. The summed E-state index contributed by atoms with van der Waals surface area (Å²) in [6, 6.07) is 4.66. The van der Waals surface area contributed by atoms with E-state index in [1.807, 2.05) is 6.92 Å². The lowest BCUT2D eigenvalue weighted by Gasteiger charge is -2.20. The number of rotatable bonds is 8. The molecule has 2 unspecified atom stereocenters. The largest absolute Gasteiger partial charge is 0.508 e. The molecular formula is C15H25NO3. The zero-order valence-electron chi connectivity index (χ0n) is 11.8. The molecule has 0 fully saturated rings. The van der Waals surface area contributed by atoms with Crippen LogP contribution in [0, 0.1) is 5.92 Å². The SMILES string of the molecule is CCCC(CCO)CNC(C)c1ccc(O)cc1O. The molecule has 0 aliphatic carbocycles. The zero-order chi connectivity index (χ0) is 14.3. The topological polar surface area (TPSA) is 72.7 Å². The Bertz CT molecular complexity index is 376. The summed E-state index contributed by atoms with van der Waals surface area (Å²) in [7, 11) is 0. The molecule has 0 aromatic heterocycles. The molecule has 2 atom stereocenters. The minimum Gasteiger partial charge on any atom is -0.508 e. The highest BCUT2D eigenvalue weighted by Gasteiger charge is 2.13. The molecule has 0 saturated carbocycles. The lowest BCUT2D eigenvalue weighted by Crippen LogP contribution is -2.26. The van der Waals surface area contributed by atoms with Crippen LogP contribution >= 0.6 is 0 Å². The van der Waals surface area contributed by atoms with Crippen LogP contribution in [0.4, 0.5) is 0 Å². The monoisotopic (exact) mass is 267 g/mol. The summed E-state index contributed by atoms with van der Waals surface area (Å²) in [6.45, 7) is 5.15. The highest BCUT2D eigenvalue weighted by molar-refractivity contribution is 5.40. The van der Waals surface area contributed by atoms with Gasteiger partial charge >= 0.3 is 0 Å². The Hall–Kier alpha value is -1.26. The van der Waals surface area contributed by atoms with Gasteiger partial charge in [0, 0.05) is 24.3 Å². The number of nitrogens with one attached hydrogen (secondary N) is 1. The second-order valence-corrected chi connectivity index (χ2v) is 5.04. The van der Waals surface area contributed by atoms with E-state index < -0.39 is 0 Å². The van der Waals surface area contributed by atoms with Gasteiger partial charge in [0.1, 0.15) is 11.5 Å². The van der Waals surface area contributed by atoms with E-state index in [-0.39, 0.29) is 24.1 Å². The second-order valence-electron chi connectivity index (χ2n) is 5.04. The number of hydrogen-bond acceptors (Lipinski definition) is 4. The number of benzene rings is 1. The van der Waals surface area contributed by atoms with Crippen LogP contribution in [0.2, 0.25) is 0 Å². The Balaban J connectivity index is 2.55. The summed E-state index contributed by atoms with van der Waals surface area (Å²) in [6.07, 6.45) is 2.99. The Morgan fingerprint density at radius 3 is 2.53 bits per heavy atom.